The van der Waals surface area contributed by atoms with E-state index < -0.39 is 0 Å². The van der Waals surface area contributed by atoms with Gasteiger partial charge in [-0.3, -0.25) is 0 Å². The van der Waals surface area contributed by atoms with Crippen LogP contribution in [0, 0.1) is 0 Å². The molecule has 4 N–H and O–H groups in total. The number of aromatic hydroxyl groups is 2. The zero-order chi connectivity index (χ0) is 11.3. The molecule has 1 aromatic rings. The molecule has 3 nitrogen and oxygen atoms in total. The average molecular weight is 209 g/mol. The van der Waals surface area contributed by atoms with Crippen molar-refractivity contribution in [3.63, 3.8) is 0 Å². The Labute approximate surface area is 90.5 Å². The van der Waals surface area contributed by atoms with Crippen molar-refractivity contribution in [3.8, 4) is 11.5 Å². The van der Waals surface area contributed by atoms with Gasteiger partial charge in [0.15, 0.2) is 0 Å². The van der Waals surface area contributed by atoms with Crippen LogP contribution in [0.2, 0.25) is 0 Å². The van der Waals surface area contributed by atoms with Gasteiger partial charge in [-0.2, -0.15) is 0 Å². The third-order valence-corrected chi connectivity index (χ3v) is 2.53. The predicted octanol–water partition coefficient (Wildman–Crippen LogP) is 2.68. The molecular formula is C12H19NO2. The van der Waals surface area contributed by atoms with Gasteiger partial charge in [-0.15, -0.1) is 0 Å². The summed E-state index contributed by atoms with van der Waals surface area (Å²) in [5.41, 5.74) is 6.66. The molecule has 1 atom stereocenters. The molecule has 15 heavy (non-hydrogen) atoms. The monoisotopic (exact) mass is 209 g/mol. The van der Waals surface area contributed by atoms with Crippen LogP contribution >= 0.6 is 0 Å². The van der Waals surface area contributed by atoms with Crippen molar-refractivity contribution in [1.29, 1.82) is 0 Å². The van der Waals surface area contributed by atoms with E-state index in [1.165, 1.54) is 6.07 Å². The molecule has 0 aromatic heterocycles. The van der Waals surface area contributed by atoms with Crippen molar-refractivity contribution >= 4 is 0 Å². The number of rotatable bonds is 5. The van der Waals surface area contributed by atoms with Crippen LogP contribution in [0.25, 0.3) is 0 Å². The van der Waals surface area contributed by atoms with Crippen molar-refractivity contribution in [2.45, 2.75) is 38.6 Å². The summed E-state index contributed by atoms with van der Waals surface area (Å²) in [6.07, 6.45) is 4.25. The van der Waals surface area contributed by atoms with Crippen LogP contribution in [0.3, 0.4) is 0 Å². The van der Waals surface area contributed by atoms with E-state index >= 15 is 0 Å². The molecule has 0 spiro atoms. The lowest BCUT2D eigenvalue weighted by molar-refractivity contribution is 0.438. The fourth-order valence-corrected chi connectivity index (χ4v) is 1.62. The van der Waals surface area contributed by atoms with Gasteiger partial charge in [0.25, 0.3) is 0 Å². The Hall–Kier alpha value is -1.22. The molecule has 0 saturated heterocycles. The van der Waals surface area contributed by atoms with E-state index in [4.69, 9.17) is 10.8 Å². The first kappa shape index (κ1) is 11.9. The summed E-state index contributed by atoms with van der Waals surface area (Å²) in [5, 5.41) is 18.7. The van der Waals surface area contributed by atoms with E-state index in [2.05, 4.69) is 6.92 Å². The largest absolute Gasteiger partial charge is 0.508 e. The fraction of sp³-hybridized carbons (Fsp3) is 0.500. The highest BCUT2D eigenvalue weighted by atomic mass is 16.3. The maximum Gasteiger partial charge on any atom is 0.124 e. The zero-order valence-corrected chi connectivity index (χ0v) is 9.11. The van der Waals surface area contributed by atoms with Gasteiger partial charge >= 0.3 is 0 Å². The first-order valence-electron chi connectivity index (χ1n) is 5.42. The van der Waals surface area contributed by atoms with E-state index in [0.29, 0.717) is 5.56 Å². The summed E-state index contributed by atoms with van der Waals surface area (Å²) in [6, 6.07) is 4.42. The molecule has 0 bridgehead atoms. The van der Waals surface area contributed by atoms with Crippen molar-refractivity contribution in [2.24, 2.45) is 5.73 Å². The molecular weight excluding hydrogens is 190 g/mol. The minimum atomic E-state index is -0.142. The van der Waals surface area contributed by atoms with Crippen LogP contribution in [0.5, 0.6) is 11.5 Å². The van der Waals surface area contributed by atoms with Gasteiger partial charge in [-0.25, -0.2) is 0 Å². The summed E-state index contributed by atoms with van der Waals surface area (Å²) >= 11 is 0. The molecule has 84 valence electrons. The Morgan fingerprint density at radius 3 is 2.60 bits per heavy atom. The van der Waals surface area contributed by atoms with Gasteiger partial charge in [-0.1, -0.05) is 32.3 Å². The zero-order valence-electron chi connectivity index (χ0n) is 9.11. The summed E-state index contributed by atoms with van der Waals surface area (Å²) in [4.78, 5) is 0. The molecule has 1 aromatic carbocycles. The first-order chi connectivity index (χ1) is 7.15. The summed E-state index contributed by atoms with van der Waals surface area (Å²) < 4.78 is 0. The maximum absolute atomic E-state index is 9.58. The minimum absolute atomic E-state index is 0.0667. The molecule has 0 aliphatic carbocycles. The molecule has 0 aliphatic heterocycles. The van der Waals surface area contributed by atoms with Gasteiger partial charge in [-0.05, 0) is 12.5 Å². The van der Waals surface area contributed by atoms with E-state index in [1.807, 2.05) is 0 Å². The van der Waals surface area contributed by atoms with Crippen LogP contribution in [0.1, 0.15) is 44.2 Å². The van der Waals surface area contributed by atoms with Crippen LogP contribution in [0.15, 0.2) is 18.2 Å². The standard InChI is InChI=1S/C12H19NO2/c1-2-3-4-5-11(13)10-7-6-9(14)8-12(10)15/h6-8,11,14-15H,2-5,13H2,1H3/t11-/m1/s1. The van der Waals surface area contributed by atoms with Crippen LogP contribution in [-0.4, -0.2) is 10.2 Å². The predicted molar refractivity (Wildman–Crippen MR) is 60.8 cm³/mol. The fourth-order valence-electron chi connectivity index (χ4n) is 1.62. The summed E-state index contributed by atoms with van der Waals surface area (Å²) in [5.74, 6) is 0.149. The second-order valence-corrected chi connectivity index (χ2v) is 3.85. The summed E-state index contributed by atoms with van der Waals surface area (Å²) in [7, 11) is 0. The molecule has 0 fully saturated rings. The highest BCUT2D eigenvalue weighted by molar-refractivity contribution is 5.40. The number of phenols is 2. The molecule has 0 heterocycles. The normalized spacial score (nSPS) is 12.7. The molecule has 0 saturated carbocycles. The van der Waals surface area contributed by atoms with Crippen molar-refractivity contribution < 1.29 is 10.2 Å². The highest BCUT2D eigenvalue weighted by Crippen LogP contribution is 2.29. The molecule has 0 unspecified atom stereocenters. The Balaban J connectivity index is 2.61. The van der Waals surface area contributed by atoms with E-state index in [9.17, 15) is 5.11 Å². The number of hydrogen-bond donors (Lipinski definition) is 3. The lowest BCUT2D eigenvalue weighted by atomic mass is 10.0. The van der Waals surface area contributed by atoms with Gasteiger partial charge in [0.1, 0.15) is 11.5 Å². The molecule has 0 amide bonds. The number of phenolic OH excluding ortho intramolecular Hbond substituents is 2. The quantitative estimate of drug-likeness (QED) is 0.653. The smallest absolute Gasteiger partial charge is 0.124 e. The lowest BCUT2D eigenvalue weighted by Crippen LogP contribution is -2.10. The Morgan fingerprint density at radius 2 is 2.00 bits per heavy atom. The van der Waals surface area contributed by atoms with Crippen molar-refractivity contribution in [3.05, 3.63) is 23.8 Å². The van der Waals surface area contributed by atoms with Crippen molar-refractivity contribution in [2.75, 3.05) is 0 Å². The molecule has 0 aliphatic rings. The molecule has 1 rings (SSSR count). The van der Waals surface area contributed by atoms with Crippen LogP contribution < -0.4 is 5.73 Å². The summed E-state index contributed by atoms with van der Waals surface area (Å²) in [6.45, 7) is 2.14. The van der Waals surface area contributed by atoms with Gasteiger partial charge in [0.05, 0.1) is 0 Å². The Kier molecular flexibility index (Phi) is 4.43. The topological polar surface area (TPSA) is 66.5 Å². The third-order valence-electron chi connectivity index (χ3n) is 2.53. The van der Waals surface area contributed by atoms with Gasteiger partial charge < -0.3 is 15.9 Å². The highest BCUT2D eigenvalue weighted by Gasteiger charge is 2.10. The van der Waals surface area contributed by atoms with Crippen LogP contribution in [-0.2, 0) is 0 Å². The second kappa shape index (κ2) is 5.61. The minimum Gasteiger partial charge on any atom is -0.508 e. The first-order valence-corrected chi connectivity index (χ1v) is 5.42. The number of hydrogen-bond acceptors (Lipinski definition) is 3. The maximum atomic E-state index is 9.58. The second-order valence-electron chi connectivity index (χ2n) is 3.85. The van der Waals surface area contributed by atoms with Gasteiger partial charge in [0, 0.05) is 17.7 Å². The van der Waals surface area contributed by atoms with Crippen LogP contribution in [0.4, 0.5) is 0 Å². The number of benzene rings is 1. The third kappa shape index (κ3) is 3.44. The number of nitrogens with two attached hydrogens (primary N) is 1. The van der Waals surface area contributed by atoms with E-state index in [0.717, 1.165) is 25.7 Å². The van der Waals surface area contributed by atoms with Crippen molar-refractivity contribution in [1.82, 2.24) is 0 Å². The average Bonchev–Trinajstić information content (AvgIpc) is 2.17. The Morgan fingerprint density at radius 1 is 1.27 bits per heavy atom. The number of unbranched alkanes of at least 4 members (excludes halogenated alkanes) is 2. The van der Waals surface area contributed by atoms with Gasteiger partial charge in [0.2, 0.25) is 0 Å². The SMILES string of the molecule is CCCCC[C@@H](N)c1ccc(O)cc1O. The van der Waals surface area contributed by atoms with E-state index in [1.54, 1.807) is 12.1 Å². The molecule has 3 heteroatoms. The Bertz CT molecular complexity index is 312. The lowest BCUT2D eigenvalue weighted by Gasteiger charge is -2.13. The van der Waals surface area contributed by atoms with E-state index in [-0.39, 0.29) is 17.5 Å². The molecule has 0 radical (unpaired) electrons.